The molecule has 1 aromatic carbocycles. The second kappa shape index (κ2) is 8.66. The summed E-state index contributed by atoms with van der Waals surface area (Å²) in [4.78, 5) is 23.4. The molecule has 0 aliphatic heterocycles. The molecule has 2 N–H and O–H groups in total. The maximum absolute atomic E-state index is 12.9. The van der Waals surface area contributed by atoms with E-state index < -0.39 is 17.9 Å². The minimum absolute atomic E-state index is 0.124. The number of benzene rings is 1. The van der Waals surface area contributed by atoms with E-state index in [4.69, 9.17) is 4.74 Å². The smallest absolute Gasteiger partial charge is 0.346 e. The second-order valence-electron chi connectivity index (χ2n) is 6.43. The maximum atomic E-state index is 12.9. The average molecular weight is 337 g/mol. The van der Waals surface area contributed by atoms with Crippen LogP contribution in [0.3, 0.4) is 0 Å². The number of rotatable bonds is 8. The number of aliphatic carboxylic acids is 1. The number of hydrogen-bond donors (Lipinski definition) is 2. The molecule has 24 heavy (non-hydrogen) atoms. The van der Waals surface area contributed by atoms with Crippen LogP contribution >= 0.6 is 0 Å². The Morgan fingerprint density at radius 2 is 1.92 bits per heavy atom. The molecule has 1 aromatic rings. The Morgan fingerprint density at radius 3 is 2.50 bits per heavy atom. The Kier molecular flexibility index (Phi) is 6.58. The van der Waals surface area contributed by atoms with Crippen LogP contribution in [0.15, 0.2) is 24.3 Å². The van der Waals surface area contributed by atoms with Gasteiger partial charge in [-0.05, 0) is 36.6 Å². The summed E-state index contributed by atoms with van der Waals surface area (Å²) in [7, 11) is 0. The van der Waals surface area contributed by atoms with E-state index in [0.29, 0.717) is 5.92 Å². The number of amides is 1. The van der Waals surface area contributed by atoms with Gasteiger partial charge in [0.05, 0.1) is 6.54 Å². The fourth-order valence-corrected chi connectivity index (χ4v) is 3.08. The normalized spacial score (nSPS) is 17.2. The van der Waals surface area contributed by atoms with Crippen LogP contribution in [0.5, 0.6) is 5.75 Å². The molecule has 0 bridgehead atoms. The molecule has 2 unspecified atom stereocenters. The van der Waals surface area contributed by atoms with Crippen molar-refractivity contribution in [2.75, 3.05) is 6.54 Å². The monoisotopic (exact) mass is 337 g/mol. The molecular formula is C18H24FNO4. The first-order valence-electron chi connectivity index (χ1n) is 8.38. The first-order chi connectivity index (χ1) is 11.5. The third kappa shape index (κ3) is 5.51. The third-order valence-corrected chi connectivity index (χ3v) is 4.44. The Bertz CT molecular complexity index is 555. The summed E-state index contributed by atoms with van der Waals surface area (Å²) >= 11 is 0. The lowest BCUT2D eigenvalue weighted by Gasteiger charge is -2.19. The zero-order chi connectivity index (χ0) is 17.5. The first kappa shape index (κ1) is 18.2. The molecule has 0 radical (unpaired) electrons. The zero-order valence-electron chi connectivity index (χ0n) is 13.8. The lowest BCUT2D eigenvalue weighted by molar-refractivity contribution is -0.145. The van der Waals surface area contributed by atoms with Crippen LogP contribution in [0.4, 0.5) is 4.39 Å². The molecule has 2 atom stereocenters. The number of carbonyl (C=O) groups is 2. The van der Waals surface area contributed by atoms with Crippen molar-refractivity contribution in [1.29, 1.82) is 0 Å². The minimum Gasteiger partial charge on any atom is -0.478 e. The van der Waals surface area contributed by atoms with Crippen molar-refractivity contribution in [3.8, 4) is 5.75 Å². The molecule has 5 nitrogen and oxygen atoms in total. The van der Waals surface area contributed by atoms with Crippen molar-refractivity contribution in [2.45, 2.75) is 45.1 Å². The largest absolute Gasteiger partial charge is 0.478 e. The minimum atomic E-state index is -1.21. The van der Waals surface area contributed by atoms with Gasteiger partial charge in [0.2, 0.25) is 12.0 Å². The Hall–Kier alpha value is -2.11. The number of nitrogens with one attached hydrogen (secondary N) is 1. The van der Waals surface area contributed by atoms with Gasteiger partial charge in [-0.25, -0.2) is 9.18 Å². The van der Waals surface area contributed by atoms with Crippen molar-refractivity contribution in [2.24, 2.45) is 11.8 Å². The molecule has 1 aliphatic rings. The Morgan fingerprint density at radius 1 is 1.29 bits per heavy atom. The van der Waals surface area contributed by atoms with E-state index in [-0.39, 0.29) is 24.1 Å². The van der Waals surface area contributed by atoms with Crippen LogP contribution in [0, 0.1) is 17.7 Å². The highest BCUT2D eigenvalue weighted by atomic mass is 19.1. The van der Waals surface area contributed by atoms with Crippen molar-refractivity contribution in [3.05, 3.63) is 30.1 Å². The molecule has 6 heteroatoms. The van der Waals surface area contributed by atoms with Gasteiger partial charge in [-0.1, -0.05) is 32.6 Å². The molecular weight excluding hydrogens is 313 g/mol. The van der Waals surface area contributed by atoms with Gasteiger partial charge >= 0.3 is 5.97 Å². The van der Waals surface area contributed by atoms with Crippen LogP contribution in [0.2, 0.25) is 0 Å². The number of carbonyl (C=O) groups excluding carboxylic acids is 1. The molecule has 1 amide bonds. The van der Waals surface area contributed by atoms with Crippen LogP contribution in [-0.4, -0.2) is 29.6 Å². The molecule has 0 spiro atoms. The van der Waals surface area contributed by atoms with E-state index in [9.17, 15) is 19.1 Å². The van der Waals surface area contributed by atoms with E-state index in [2.05, 4.69) is 5.32 Å². The fourth-order valence-electron chi connectivity index (χ4n) is 3.08. The van der Waals surface area contributed by atoms with Gasteiger partial charge in [-0.3, -0.25) is 4.79 Å². The van der Waals surface area contributed by atoms with E-state index in [1.807, 2.05) is 6.92 Å². The lowest BCUT2D eigenvalue weighted by atomic mass is 9.94. The van der Waals surface area contributed by atoms with Gasteiger partial charge in [0.25, 0.3) is 0 Å². The summed E-state index contributed by atoms with van der Waals surface area (Å²) in [5.74, 6) is -1.07. The van der Waals surface area contributed by atoms with Crippen LogP contribution in [0.25, 0.3) is 0 Å². The average Bonchev–Trinajstić information content (AvgIpc) is 3.05. The lowest BCUT2D eigenvalue weighted by Crippen LogP contribution is -2.42. The van der Waals surface area contributed by atoms with E-state index >= 15 is 0 Å². The van der Waals surface area contributed by atoms with Crippen molar-refractivity contribution in [3.63, 3.8) is 0 Å². The molecule has 2 rings (SSSR count). The van der Waals surface area contributed by atoms with Gasteiger partial charge < -0.3 is 15.2 Å². The molecule has 0 saturated heterocycles. The van der Waals surface area contributed by atoms with Gasteiger partial charge in [0, 0.05) is 5.92 Å². The molecule has 0 aromatic heterocycles. The summed E-state index contributed by atoms with van der Waals surface area (Å²) in [5.41, 5.74) is 0. The number of hydrogen-bond acceptors (Lipinski definition) is 3. The van der Waals surface area contributed by atoms with Gasteiger partial charge in [0.1, 0.15) is 11.6 Å². The fraction of sp³-hybridized carbons (Fsp3) is 0.556. The predicted octanol–water partition coefficient (Wildman–Crippen LogP) is 2.99. The van der Waals surface area contributed by atoms with E-state index in [0.717, 1.165) is 6.42 Å². The van der Waals surface area contributed by atoms with Crippen molar-refractivity contribution >= 4 is 11.9 Å². The molecule has 1 saturated carbocycles. The maximum Gasteiger partial charge on any atom is 0.346 e. The molecule has 0 heterocycles. The first-order valence-corrected chi connectivity index (χ1v) is 8.38. The highest BCUT2D eigenvalue weighted by Crippen LogP contribution is 2.30. The standard InChI is InChI=1S/C18H24FNO4/c1-12(10-13-4-2-3-5-13)17(21)20-11-16(18(22)23)24-15-8-6-14(19)7-9-15/h6-9,12-13,16H,2-5,10-11H2,1H3,(H,20,21)(H,22,23). The zero-order valence-corrected chi connectivity index (χ0v) is 13.8. The third-order valence-electron chi connectivity index (χ3n) is 4.44. The molecule has 132 valence electrons. The van der Waals surface area contributed by atoms with Gasteiger partial charge in [-0.2, -0.15) is 0 Å². The van der Waals surface area contributed by atoms with Crippen LogP contribution < -0.4 is 10.1 Å². The van der Waals surface area contributed by atoms with E-state index in [1.54, 1.807) is 0 Å². The Balaban J connectivity index is 1.82. The van der Waals surface area contributed by atoms with Crippen LogP contribution in [0.1, 0.15) is 39.0 Å². The highest BCUT2D eigenvalue weighted by Gasteiger charge is 2.24. The van der Waals surface area contributed by atoms with E-state index in [1.165, 1.54) is 49.9 Å². The summed E-state index contributed by atoms with van der Waals surface area (Å²) in [5, 5.41) is 11.9. The topological polar surface area (TPSA) is 75.6 Å². The SMILES string of the molecule is CC(CC1CCCC1)C(=O)NCC(Oc1ccc(F)cc1)C(=O)O. The molecule has 1 fully saturated rings. The van der Waals surface area contributed by atoms with Gasteiger partial charge in [0.15, 0.2) is 0 Å². The molecule has 1 aliphatic carbocycles. The quantitative estimate of drug-likeness (QED) is 0.765. The summed E-state index contributed by atoms with van der Waals surface area (Å²) in [6.45, 7) is 1.74. The van der Waals surface area contributed by atoms with Gasteiger partial charge in [-0.15, -0.1) is 0 Å². The highest BCUT2D eigenvalue weighted by molar-refractivity contribution is 5.80. The second-order valence-corrected chi connectivity index (χ2v) is 6.43. The summed E-state index contributed by atoms with van der Waals surface area (Å²) in [6, 6.07) is 5.10. The Labute approximate surface area is 141 Å². The number of ether oxygens (including phenoxy) is 1. The predicted molar refractivity (Wildman–Crippen MR) is 87.2 cm³/mol. The number of carboxylic acids is 1. The number of halogens is 1. The van der Waals surface area contributed by atoms with Crippen molar-refractivity contribution < 1.29 is 23.8 Å². The summed E-state index contributed by atoms with van der Waals surface area (Å²) < 4.78 is 18.2. The number of carboxylic acid groups (broad SMARTS) is 1. The summed E-state index contributed by atoms with van der Waals surface area (Å²) in [6.07, 6.45) is 4.42. The van der Waals surface area contributed by atoms with Crippen LogP contribution in [-0.2, 0) is 9.59 Å². The van der Waals surface area contributed by atoms with Crippen molar-refractivity contribution in [1.82, 2.24) is 5.32 Å².